The molecule has 0 aliphatic carbocycles. The Labute approximate surface area is 114 Å². The van der Waals surface area contributed by atoms with Gasteiger partial charge in [0, 0.05) is 0 Å². The summed E-state index contributed by atoms with van der Waals surface area (Å²) in [5.74, 6) is 0.572. The minimum atomic E-state index is 0.176. The van der Waals surface area contributed by atoms with Gasteiger partial charge in [-0.25, -0.2) is 0 Å². The van der Waals surface area contributed by atoms with Gasteiger partial charge in [0.2, 0.25) is 0 Å². The molecule has 2 rings (SSSR count). The van der Waals surface area contributed by atoms with Crippen LogP contribution in [-0.4, -0.2) is 21.1 Å². The van der Waals surface area contributed by atoms with Gasteiger partial charge in [-0.1, -0.05) is 0 Å². The predicted octanol–water partition coefficient (Wildman–Crippen LogP) is 3.12. The molecular weight excluding hydrogens is 299 g/mol. The zero-order valence-electron chi connectivity index (χ0n) is 9.73. The first-order chi connectivity index (χ1) is 8.19. The Balaban J connectivity index is 2.06. The third kappa shape index (κ3) is 3.38. The van der Waals surface area contributed by atoms with Crippen molar-refractivity contribution in [2.24, 2.45) is 5.92 Å². The Kier molecular flexibility index (Phi) is 4.33. The van der Waals surface area contributed by atoms with Gasteiger partial charge in [-0.2, -0.15) is 0 Å². The molecule has 90 valence electrons. The molecule has 0 fully saturated rings. The fourth-order valence-electron chi connectivity index (χ4n) is 1.71. The van der Waals surface area contributed by atoms with Crippen molar-refractivity contribution in [3.05, 3.63) is 52.7 Å². The summed E-state index contributed by atoms with van der Waals surface area (Å²) >= 11 is 6.21. The average molecular weight is 314 g/mol. The van der Waals surface area contributed by atoms with Crippen molar-refractivity contribution in [2.45, 2.75) is 19.4 Å². The van der Waals surface area contributed by atoms with Crippen molar-refractivity contribution in [1.29, 1.82) is 0 Å². The number of ether oxygens (including phenoxy) is 1. The van der Waals surface area contributed by atoms with Crippen LogP contribution in [0.5, 0.6) is 0 Å². The van der Waals surface area contributed by atoms with E-state index in [1.807, 2.05) is 24.5 Å². The molecule has 0 amide bonds. The normalized spacial score (nSPS) is 23.8. The molecule has 1 aromatic rings. The zero-order chi connectivity index (χ0) is 12.3. The third-order valence-corrected chi connectivity index (χ3v) is 5.60. The van der Waals surface area contributed by atoms with E-state index < -0.39 is 0 Å². The van der Waals surface area contributed by atoms with E-state index in [4.69, 9.17) is 16.3 Å². The number of hydrogen-bond acceptors (Lipinski definition) is 1. The van der Waals surface area contributed by atoms with E-state index in [1.165, 1.54) is 8.93 Å². The van der Waals surface area contributed by atoms with Crippen molar-refractivity contribution in [3.8, 4) is 0 Å². The van der Waals surface area contributed by atoms with Crippen LogP contribution in [-0.2, 0) is 4.74 Å². The molecule has 0 N–H and O–H groups in total. The van der Waals surface area contributed by atoms with E-state index >= 15 is 0 Å². The molecule has 0 spiro atoms. The number of hydrogen-bond donors (Lipinski definition) is 0. The van der Waals surface area contributed by atoms with Crippen molar-refractivity contribution in [1.82, 2.24) is 0 Å². The molecule has 17 heavy (non-hydrogen) atoms. The first kappa shape index (κ1) is 12.8. The van der Waals surface area contributed by atoms with Crippen LogP contribution in [0.1, 0.15) is 13.3 Å². The van der Waals surface area contributed by atoms with Gasteiger partial charge in [-0.3, -0.25) is 0 Å². The Hall–Kier alpha value is -0.691. The van der Waals surface area contributed by atoms with Gasteiger partial charge in [0.15, 0.2) is 0 Å². The van der Waals surface area contributed by atoms with E-state index in [0.29, 0.717) is 20.9 Å². The second kappa shape index (κ2) is 5.77. The molecule has 2 unspecified atom stereocenters. The summed E-state index contributed by atoms with van der Waals surface area (Å²) in [6, 6.07) is 8.07. The summed E-state index contributed by atoms with van der Waals surface area (Å²) in [7, 11) is 0. The van der Waals surface area contributed by atoms with Crippen molar-refractivity contribution in [3.63, 3.8) is 0 Å². The van der Waals surface area contributed by atoms with E-state index in [2.05, 4.69) is 25.6 Å². The minimum absolute atomic E-state index is 0.176. The number of halogens is 1. The summed E-state index contributed by atoms with van der Waals surface area (Å²) in [6.07, 6.45) is 5.01. The fourth-order valence-corrected chi connectivity index (χ4v) is 3.82. The first-order valence-electron chi connectivity index (χ1n) is 5.60. The molecule has 1 aromatic carbocycles. The molecule has 0 saturated heterocycles. The fraction of sp³-hybridized carbons (Fsp3) is 0.286. The SMILES string of the molecule is C=CC1CC(C)C([Se]c2ccc(Cl)cc2)=CO1. The van der Waals surface area contributed by atoms with Gasteiger partial charge in [0.25, 0.3) is 0 Å². The Morgan fingerprint density at radius 2 is 2.12 bits per heavy atom. The number of rotatable bonds is 3. The van der Waals surface area contributed by atoms with Crippen LogP contribution in [0.2, 0.25) is 5.02 Å². The van der Waals surface area contributed by atoms with Crippen LogP contribution in [0.4, 0.5) is 0 Å². The molecule has 1 aliphatic heterocycles. The summed E-state index contributed by atoms with van der Waals surface area (Å²) in [5.41, 5.74) is 0. The quantitative estimate of drug-likeness (QED) is 0.615. The van der Waals surface area contributed by atoms with Crippen LogP contribution in [0.3, 0.4) is 0 Å². The van der Waals surface area contributed by atoms with Gasteiger partial charge in [-0.15, -0.1) is 0 Å². The molecule has 1 aliphatic rings. The maximum atomic E-state index is 5.88. The summed E-state index contributed by atoms with van der Waals surface area (Å²) < 4.78 is 8.35. The maximum absolute atomic E-state index is 5.88. The molecule has 2 atom stereocenters. The molecular formula is C14H15ClOSe. The summed E-state index contributed by atoms with van der Waals surface area (Å²) in [5, 5.41) is 0.790. The van der Waals surface area contributed by atoms with Crippen LogP contribution in [0.25, 0.3) is 0 Å². The van der Waals surface area contributed by atoms with Crippen LogP contribution in [0.15, 0.2) is 47.7 Å². The van der Waals surface area contributed by atoms with E-state index in [9.17, 15) is 0 Å². The van der Waals surface area contributed by atoms with Crippen LogP contribution < -0.4 is 4.46 Å². The number of benzene rings is 1. The van der Waals surface area contributed by atoms with Gasteiger partial charge in [-0.05, 0) is 0 Å². The zero-order valence-corrected chi connectivity index (χ0v) is 12.2. The Morgan fingerprint density at radius 3 is 2.71 bits per heavy atom. The molecule has 0 radical (unpaired) electrons. The van der Waals surface area contributed by atoms with E-state index in [0.717, 1.165) is 11.4 Å². The number of allylic oxidation sites excluding steroid dienone is 1. The second-order valence-corrected chi connectivity index (χ2v) is 6.97. The Bertz CT molecular complexity index is 424. The van der Waals surface area contributed by atoms with Crippen LogP contribution >= 0.6 is 11.6 Å². The van der Waals surface area contributed by atoms with Crippen LogP contribution in [0, 0.1) is 5.92 Å². The first-order valence-corrected chi connectivity index (χ1v) is 7.69. The second-order valence-electron chi connectivity index (χ2n) is 4.12. The Morgan fingerprint density at radius 1 is 1.41 bits per heavy atom. The van der Waals surface area contributed by atoms with Crippen molar-refractivity contribution >= 4 is 31.0 Å². The molecule has 3 heteroatoms. The summed E-state index contributed by atoms with van der Waals surface area (Å²) in [6.45, 7) is 6.03. The van der Waals surface area contributed by atoms with E-state index in [1.54, 1.807) is 0 Å². The molecule has 0 saturated carbocycles. The van der Waals surface area contributed by atoms with Gasteiger partial charge >= 0.3 is 114 Å². The van der Waals surface area contributed by atoms with Crippen molar-refractivity contribution in [2.75, 3.05) is 0 Å². The third-order valence-electron chi connectivity index (χ3n) is 2.74. The molecule has 0 aromatic heterocycles. The van der Waals surface area contributed by atoms with Crippen molar-refractivity contribution < 1.29 is 4.74 Å². The topological polar surface area (TPSA) is 9.23 Å². The van der Waals surface area contributed by atoms with Gasteiger partial charge < -0.3 is 0 Å². The molecule has 1 nitrogen and oxygen atoms in total. The summed E-state index contributed by atoms with van der Waals surface area (Å²) in [4.78, 5) is 0. The molecule has 1 heterocycles. The monoisotopic (exact) mass is 314 g/mol. The van der Waals surface area contributed by atoms with E-state index in [-0.39, 0.29) is 6.10 Å². The van der Waals surface area contributed by atoms with Gasteiger partial charge in [0.05, 0.1) is 0 Å². The van der Waals surface area contributed by atoms with Gasteiger partial charge in [0.1, 0.15) is 0 Å². The standard InChI is InChI=1S/C14H15ClOSe/c1-3-12-8-10(2)14(9-16-12)17-13-6-4-11(15)5-7-13/h3-7,9-10,12H,1,8H2,2H3. The molecule has 0 bridgehead atoms. The average Bonchev–Trinajstić information content (AvgIpc) is 2.34. The predicted molar refractivity (Wildman–Crippen MR) is 73.8 cm³/mol.